The summed E-state index contributed by atoms with van der Waals surface area (Å²) in [5.41, 5.74) is 1.16. The maximum atomic E-state index is 13.2. The van der Waals surface area contributed by atoms with Crippen LogP contribution in [-0.2, 0) is 14.3 Å². The molecular weight excluding hydrogens is 449 g/mol. The summed E-state index contributed by atoms with van der Waals surface area (Å²) < 4.78 is 5.62. The second kappa shape index (κ2) is 9.76. The van der Waals surface area contributed by atoms with E-state index in [0.29, 0.717) is 32.5 Å². The molecule has 0 N–H and O–H groups in total. The highest BCUT2D eigenvalue weighted by atomic mass is 35.5. The maximum absolute atomic E-state index is 13.2. The van der Waals surface area contributed by atoms with Crippen LogP contribution < -0.4 is 0 Å². The molecule has 0 radical (unpaired) electrons. The number of rotatable bonds is 6. The first-order chi connectivity index (χ1) is 13.9. The van der Waals surface area contributed by atoms with Gasteiger partial charge in [-0.05, 0) is 30.2 Å². The maximum Gasteiger partial charge on any atom is 0.333 e. The van der Waals surface area contributed by atoms with Crippen molar-refractivity contribution in [3.8, 4) is 0 Å². The van der Waals surface area contributed by atoms with Crippen LogP contribution in [0.3, 0.4) is 0 Å². The van der Waals surface area contributed by atoms with E-state index < -0.39 is 17.9 Å². The van der Waals surface area contributed by atoms with Crippen molar-refractivity contribution in [3.63, 3.8) is 0 Å². The third-order valence-corrected chi connectivity index (χ3v) is 6.13. The van der Waals surface area contributed by atoms with Gasteiger partial charge in [-0.2, -0.15) is 0 Å². The van der Waals surface area contributed by atoms with Gasteiger partial charge in [-0.15, -0.1) is 0 Å². The van der Waals surface area contributed by atoms with Crippen LogP contribution in [0, 0.1) is 0 Å². The summed E-state index contributed by atoms with van der Waals surface area (Å²) in [5, 5.41) is 0.842. The van der Waals surface area contributed by atoms with Gasteiger partial charge in [0.05, 0.1) is 11.5 Å². The van der Waals surface area contributed by atoms with Gasteiger partial charge in [0, 0.05) is 15.6 Å². The molecule has 1 aliphatic rings. The normalized spacial score (nSPS) is 16.4. The number of thioether (sulfide) groups is 1. The van der Waals surface area contributed by atoms with Crippen LogP contribution in [0.5, 0.6) is 0 Å². The number of ether oxygens (including phenoxy) is 1. The molecule has 2 aromatic carbocycles. The summed E-state index contributed by atoms with van der Waals surface area (Å²) in [4.78, 5) is 27.6. The zero-order chi connectivity index (χ0) is 21.0. The van der Waals surface area contributed by atoms with Gasteiger partial charge < -0.3 is 4.74 Å². The van der Waals surface area contributed by atoms with Crippen molar-refractivity contribution >= 4 is 69.5 Å². The van der Waals surface area contributed by atoms with Crippen LogP contribution in [0.25, 0.3) is 6.08 Å². The Labute approximate surface area is 188 Å². The Balaban J connectivity index is 1.99. The number of hydrogen-bond donors (Lipinski definition) is 0. The second-order valence-corrected chi connectivity index (χ2v) is 8.66. The quantitative estimate of drug-likeness (QED) is 0.302. The van der Waals surface area contributed by atoms with E-state index in [1.54, 1.807) is 48.5 Å². The molecule has 1 fully saturated rings. The van der Waals surface area contributed by atoms with Crippen molar-refractivity contribution < 1.29 is 14.3 Å². The lowest BCUT2D eigenvalue weighted by Gasteiger charge is -2.25. The molecule has 8 heteroatoms. The number of halogens is 2. The first-order valence-corrected chi connectivity index (χ1v) is 10.8. The fraction of sp³-hybridized carbons (Fsp3) is 0.190. The number of nitrogens with zero attached hydrogens (tertiary/aromatic N) is 1. The predicted molar refractivity (Wildman–Crippen MR) is 122 cm³/mol. The molecule has 4 nitrogen and oxygen atoms in total. The van der Waals surface area contributed by atoms with Crippen molar-refractivity contribution in [2.24, 2.45) is 0 Å². The Morgan fingerprint density at radius 3 is 2.45 bits per heavy atom. The number of esters is 1. The highest BCUT2D eigenvalue weighted by Gasteiger charge is 2.42. The molecule has 1 amide bonds. The summed E-state index contributed by atoms with van der Waals surface area (Å²) in [7, 11) is 0. The monoisotopic (exact) mass is 465 g/mol. The van der Waals surface area contributed by atoms with Crippen LogP contribution in [0.1, 0.15) is 30.5 Å². The van der Waals surface area contributed by atoms with Gasteiger partial charge in [0.1, 0.15) is 4.32 Å². The fourth-order valence-corrected chi connectivity index (χ4v) is 4.59. The van der Waals surface area contributed by atoms with Crippen molar-refractivity contribution in [2.45, 2.75) is 19.4 Å². The molecule has 0 saturated carbocycles. The zero-order valence-corrected chi connectivity index (χ0v) is 18.6. The minimum Gasteiger partial charge on any atom is -0.464 e. The number of carbonyl (C=O) groups excluding carboxylic acids is 2. The van der Waals surface area contributed by atoms with Gasteiger partial charge >= 0.3 is 5.97 Å². The molecule has 1 unspecified atom stereocenters. The molecule has 1 saturated heterocycles. The van der Waals surface area contributed by atoms with Gasteiger partial charge in [0.2, 0.25) is 0 Å². The lowest BCUT2D eigenvalue weighted by atomic mass is 10.1. The first kappa shape index (κ1) is 21.8. The summed E-state index contributed by atoms with van der Waals surface area (Å²) in [6.07, 6.45) is 2.28. The molecule has 150 valence electrons. The van der Waals surface area contributed by atoms with Crippen LogP contribution in [-0.4, -0.2) is 27.7 Å². The molecule has 0 spiro atoms. The smallest absolute Gasteiger partial charge is 0.333 e. The average Bonchev–Trinajstić information content (AvgIpc) is 2.98. The van der Waals surface area contributed by atoms with E-state index in [2.05, 4.69) is 0 Å². The molecule has 29 heavy (non-hydrogen) atoms. The van der Waals surface area contributed by atoms with Crippen molar-refractivity contribution in [1.82, 2.24) is 4.90 Å². The highest BCUT2D eigenvalue weighted by molar-refractivity contribution is 8.26. The molecule has 3 rings (SSSR count). The third-order valence-electron chi connectivity index (χ3n) is 4.14. The lowest BCUT2D eigenvalue weighted by Crippen LogP contribution is -2.38. The van der Waals surface area contributed by atoms with E-state index >= 15 is 0 Å². The summed E-state index contributed by atoms with van der Waals surface area (Å²) >= 11 is 19.0. The second-order valence-electron chi connectivity index (χ2n) is 6.17. The van der Waals surface area contributed by atoms with Crippen molar-refractivity contribution in [1.29, 1.82) is 0 Å². The minimum atomic E-state index is -0.956. The largest absolute Gasteiger partial charge is 0.464 e. The molecule has 1 aliphatic heterocycles. The number of carbonyl (C=O) groups is 2. The van der Waals surface area contributed by atoms with Gasteiger partial charge in [-0.25, -0.2) is 4.79 Å². The minimum absolute atomic E-state index is 0.266. The summed E-state index contributed by atoms with van der Waals surface area (Å²) in [6.45, 7) is 2.17. The Bertz CT molecular complexity index is 959. The Kier molecular flexibility index (Phi) is 7.35. The average molecular weight is 466 g/mol. The SMILES string of the molecule is CCCOC(=O)C(c1ccccc1)N1C(=O)/C(=C\c2c(Cl)cccc2Cl)SC1=S. The molecular formula is C21H17Cl2NO3S2. The Morgan fingerprint density at radius 2 is 1.83 bits per heavy atom. The standard InChI is InChI=1S/C21H17Cl2NO3S2/c1-2-11-27-20(26)18(13-7-4-3-5-8-13)24-19(25)17(29-21(24)28)12-14-15(22)9-6-10-16(14)23/h3-10,12,18H,2,11H2,1H3/b17-12+. The molecule has 0 bridgehead atoms. The number of amides is 1. The topological polar surface area (TPSA) is 46.6 Å². The number of benzene rings is 2. The molecule has 2 aromatic rings. The van der Waals surface area contributed by atoms with E-state index in [0.717, 1.165) is 11.8 Å². The Morgan fingerprint density at radius 1 is 1.17 bits per heavy atom. The van der Waals surface area contributed by atoms with Crippen LogP contribution in [0.15, 0.2) is 53.4 Å². The van der Waals surface area contributed by atoms with E-state index in [4.69, 9.17) is 40.2 Å². The summed E-state index contributed by atoms with van der Waals surface area (Å²) in [6, 6.07) is 13.1. The van der Waals surface area contributed by atoms with E-state index in [1.165, 1.54) is 4.90 Å². The van der Waals surface area contributed by atoms with Crippen LogP contribution in [0.2, 0.25) is 10.0 Å². The fourth-order valence-electron chi connectivity index (χ4n) is 2.79. The summed E-state index contributed by atoms with van der Waals surface area (Å²) in [5.74, 6) is -0.912. The number of thiocarbonyl (C=S) groups is 1. The lowest BCUT2D eigenvalue weighted by molar-refractivity contribution is -0.151. The molecule has 0 aliphatic carbocycles. The van der Waals surface area contributed by atoms with E-state index in [-0.39, 0.29) is 10.9 Å². The highest BCUT2D eigenvalue weighted by Crippen LogP contribution is 2.40. The molecule has 1 heterocycles. The van der Waals surface area contributed by atoms with Gasteiger partial charge in [-0.3, -0.25) is 9.69 Å². The van der Waals surface area contributed by atoms with Gasteiger partial charge in [0.15, 0.2) is 6.04 Å². The van der Waals surface area contributed by atoms with Gasteiger partial charge in [0.25, 0.3) is 5.91 Å². The van der Waals surface area contributed by atoms with E-state index in [9.17, 15) is 9.59 Å². The van der Waals surface area contributed by atoms with Crippen LogP contribution in [0.4, 0.5) is 0 Å². The molecule has 1 atom stereocenters. The zero-order valence-electron chi connectivity index (χ0n) is 15.4. The van der Waals surface area contributed by atoms with Gasteiger partial charge in [-0.1, -0.05) is 90.5 Å². The number of hydrogen-bond acceptors (Lipinski definition) is 5. The third kappa shape index (κ3) is 4.83. The van der Waals surface area contributed by atoms with Crippen molar-refractivity contribution in [3.05, 3.63) is 74.6 Å². The van der Waals surface area contributed by atoms with Crippen molar-refractivity contribution in [2.75, 3.05) is 6.61 Å². The molecule has 0 aromatic heterocycles. The van der Waals surface area contributed by atoms with Crippen LogP contribution >= 0.6 is 47.2 Å². The predicted octanol–water partition coefficient (Wildman–Crippen LogP) is 5.89. The first-order valence-electron chi connectivity index (χ1n) is 8.86. The van der Waals surface area contributed by atoms with E-state index in [1.807, 2.05) is 13.0 Å². The Hall–Kier alpha value is -1.86.